The summed E-state index contributed by atoms with van der Waals surface area (Å²) in [6, 6.07) is 14.2. The van der Waals surface area contributed by atoms with Crippen LogP contribution in [0.15, 0.2) is 42.5 Å². The van der Waals surface area contributed by atoms with Crippen LogP contribution in [0.4, 0.5) is 10.1 Å². The molecule has 1 aliphatic rings. The Hall–Kier alpha value is -1.83. The highest BCUT2D eigenvalue weighted by Crippen LogP contribution is 2.25. The van der Waals surface area contributed by atoms with E-state index in [2.05, 4.69) is 29.6 Å². The Morgan fingerprint density at radius 3 is 2.68 bits per heavy atom. The van der Waals surface area contributed by atoms with Crippen molar-refractivity contribution in [3.63, 3.8) is 0 Å². The van der Waals surface area contributed by atoms with Crippen molar-refractivity contribution >= 4 is 5.69 Å². The molecule has 0 aliphatic heterocycles. The van der Waals surface area contributed by atoms with Crippen molar-refractivity contribution in [2.75, 3.05) is 5.32 Å². The molecule has 0 radical (unpaired) electrons. The highest BCUT2D eigenvalue weighted by atomic mass is 19.1. The lowest BCUT2D eigenvalue weighted by Crippen LogP contribution is -2.27. The minimum atomic E-state index is -0.154. The summed E-state index contributed by atoms with van der Waals surface area (Å²) < 4.78 is 13.8. The van der Waals surface area contributed by atoms with Gasteiger partial charge in [-0.3, -0.25) is 0 Å². The number of nitrogens with one attached hydrogen (secondary N) is 1. The third-order valence-electron chi connectivity index (χ3n) is 3.83. The third kappa shape index (κ3) is 2.62. The Morgan fingerprint density at radius 1 is 1.11 bits per heavy atom. The molecule has 1 unspecified atom stereocenters. The molecule has 0 amide bonds. The van der Waals surface area contributed by atoms with Gasteiger partial charge in [0.2, 0.25) is 0 Å². The fraction of sp³-hybridized carbons (Fsp3) is 0.294. The zero-order valence-corrected chi connectivity index (χ0v) is 11.1. The van der Waals surface area contributed by atoms with Crippen molar-refractivity contribution in [1.29, 1.82) is 0 Å². The summed E-state index contributed by atoms with van der Waals surface area (Å²) in [5.74, 6) is -0.154. The van der Waals surface area contributed by atoms with E-state index in [1.165, 1.54) is 11.1 Å². The molecule has 0 fully saturated rings. The lowest BCUT2D eigenvalue weighted by atomic mass is 9.88. The predicted molar refractivity (Wildman–Crippen MR) is 77.0 cm³/mol. The Bertz CT molecular complexity index is 592. The van der Waals surface area contributed by atoms with Crippen molar-refractivity contribution in [3.05, 3.63) is 65.0 Å². The van der Waals surface area contributed by atoms with E-state index in [0.29, 0.717) is 11.7 Å². The van der Waals surface area contributed by atoms with Crippen LogP contribution < -0.4 is 5.32 Å². The molecule has 0 heterocycles. The predicted octanol–water partition coefficient (Wildman–Crippen LogP) is 4.10. The SMILES string of the molecule is Cc1ccc(NC2CCc3ccccc3C2)c(F)c1. The molecule has 2 aromatic rings. The molecule has 0 bridgehead atoms. The second kappa shape index (κ2) is 5.04. The molecule has 0 spiro atoms. The van der Waals surface area contributed by atoms with Gasteiger partial charge in [-0.25, -0.2) is 4.39 Å². The maximum atomic E-state index is 13.8. The van der Waals surface area contributed by atoms with Crippen molar-refractivity contribution in [1.82, 2.24) is 0 Å². The highest BCUT2D eigenvalue weighted by molar-refractivity contribution is 5.48. The summed E-state index contributed by atoms with van der Waals surface area (Å²) in [6.07, 6.45) is 3.11. The molecule has 0 saturated heterocycles. The molecule has 2 aromatic carbocycles. The van der Waals surface area contributed by atoms with Gasteiger partial charge in [0.15, 0.2) is 0 Å². The molecular formula is C17H18FN. The van der Waals surface area contributed by atoms with E-state index in [0.717, 1.165) is 24.8 Å². The van der Waals surface area contributed by atoms with Crippen LogP contribution >= 0.6 is 0 Å². The smallest absolute Gasteiger partial charge is 0.146 e. The zero-order chi connectivity index (χ0) is 13.2. The number of anilines is 1. The average Bonchev–Trinajstić information content (AvgIpc) is 2.42. The second-order valence-electron chi connectivity index (χ2n) is 5.34. The first kappa shape index (κ1) is 12.2. The van der Waals surface area contributed by atoms with Gasteiger partial charge in [-0.15, -0.1) is 0 Å². The van der Waals surface area contributed by atoms with E-state index >= 15 is 0 Å². The molecule has 3 rings (SSSR count). The van der Waals surface area contributed by atoms with Gasteiger partial charge in [0.05, 0.1) is 5.69 Å². The first-order chi connectivity index (χ1) is 9.22. The summed E-state index contributed by atoms with van der Waals surface area (Å²) >= 11 is 0. The average molecular weight is 255 g/mol. The van der Waals surface area contributed by atoms with E-state index in [1.54, 1.807) is 6.07 Å². The van der Waals surface area contributed by atoms with Crippen LogP contribution in [0.25, 0.3) is 0 Å². The highest BCUT2D eigenvalue weighted by Gasteiger charge is 2.18. The number of fused-ring (bicyclic) bond motifs is 1. The van der Waals surface area contributed by atoms with Gasteiger partial charge in [-0.2, -0.15) is 0 Å². The van der Waals surface area contributed by atoms with Crippen LogP contribution in [0.2, 0.25) is 0 Å². The van der Waals surface area contributed by atoms with Crippen molar-refractivity contribution in [2.24, 2.45) is 0 Å². The maximum absolute atomic E-state index is 13.8. The van der Waals surface area contributed by atoms with Gasteiger partial charge < -0.3 is 5.32 Å². The number of benzene rings is 2. The van der Waals surface area contributed by atoms with Gasteiger partial charge in [-0.1, -0.05) is 30.3 Å². The standard InChI is InChI=1S/C17H18FN/c1-12-6-9-17(16(18)10-12)19-15-8-7-13-4-2-3-5-14(13)11-15/h2-6,9-10,15,19H,7-8,11H2,1H3. The van der Waals surface area contributed by atoms with Crippen molar-refractivity contribution in [2.45, 2.75) is 32.2 Å². The molecule has 0 saturated carbocycles. The van der Waals surface area contributed by atoms with Crippen LogP contribution in [-0.2, 0) is 12.8 Å². The Balaban J connectivity index is 1.75. The third-order valence-corrected chi connectivity index (χ3v) is 3.83. The topological polar surface area (TPSA) is 12.0 Å². The number of rotatable bonds is 2. The molecule has 1 nitrogen and oxygen atoms in total. The minimum Gasteiger partial charge on any atom is -0.380 e. The Morgan fingerprint density at radius 2 is 1.89 bits per heavy atom. The van der Waals surface area contributed by atoms with E-state index in [9.17, 15) is 4.39 Å². The molecule has 0 aromatic heterocycles. The van der Waals surface area contributed by atoms with Gasteiger partial charge in [0.25, 0.3) is 0 Å². The van der Waals surface area contributed by atoms with E-state index in [4.69, 9.17) is 0 Å². The molecule has 19 heavy (non-hydrogen) atoms. The van der Waals surface area contributed by atoms with E-state index in [1.807, 2.05) is 19.1 Å². The summed E-state index contributed by atoms with van der Waals surface area (Å²) in [5.41, 5.74) is 4.40. The van der Waals surface area contributed by atoms with Crippen LogP contribution in [0.1, 0.15) is 23.1 Å². The monoisotopic (exact) mass is 255 g/mol. The van der Waals surface area contributed by atoms with Gasteiger partial charge in [0.1, 0.15) is 5.82 Å². The quantitative estimate of drug-likeness (QED) is 0.851. The fourth-order valence-corrected chi connectivity index (χ4v) is 2.78. The molecule has 1 atom stereocenters. The second-order valence-corrected chi connectivity index (χ2v) is 5.34. The Labute approximate surface area is 113 Å². The largest absolute Gasteiger partial charge is 0.380 e. The van der Waals surface area contributed by atoms with Crippen LogP contribution in [0.5, 0.6) is 0 Å². The van der Waals surface area contributed by atoms with Crippen LogP contribution in [-0.4, -0.2) is 6.04 Å². The molecule has 1 aliphatic carbocycles. The molecular weight excluding hydrogens is 237 g/mol. The lowest BCUT2D eigenvalue weighted by Gasteiger charge is -2.26. The fourth-order valence-electron chi connectivity index (χ4n) is 2.78. The first-order valence-corrected chi connectivity index (χ1v) is 6.82. The summed E-state index contributed by atoms with van der Waals surface area (Å²) in [6.45, 7) is 1.91. The number of hydrogen-bond donors (Lipinski definition) is 1. The number of aryl methyl sites for hydroxylation is 2. The normalized spacial score (nSPS) is 17.9. The first-order valence-electron chi connectivity index (χ1n) is 6.82. The van der Waals surface area contributed by atoms with E-state index in [-0.39, 0.29) is 5.82 Å². The number of hydrogen-bond acceptors (Lipinski definition) is 1. The van der Waals surface area contributed by atoms with Gasteiger partial charge in [0, 0.05) is 6.04 Å². The lowest BCUT2D eigenvalue weighted by molar-refractivity contribution is 0.592. The minimum absolute atomic E-state index is 0.154. The van der Waals surface area contributed by atoms with E-state index < -0.39 is 0 Å². The van der Waals surface area contributed by atoms with Gasteiger partial charge in [-0.05, 0) is 55.0 Å². The van der Waals surface area contributed by atoms with Crippen LogP contribution in [0.3, 0.4) is 0 Å². The summed E-state index contributed by atoms with van der Waals surface area (Å²) in [7, 11) is 0. The summed E-state index contributed by atoms with van der Waals surface area (Å²) in [5, 5.41) is 3.34. The van der Waals surface area contributed by atoms with Crippen molar-refractivity contribution in [3.8, 4) is 0 Å². The van der Waals surface area contributed by atoms with Crippen molar-refractivity contribution < 1.29 is 4.39 Å². The molecule has 98 valence electrons. The molecule has 2 heteroatoms. The molecule has 1 N–H and O–H groups in total. The Kier molecular flexibility index (Phi) is 3.24. The van der Waals surface area contributed by atoms with Gasteiger partial charge >= 0.3 is 0 Å². The van der Waals surface area contributed by atoms with Crippen LogP contribution in [0, 0.1) is 12.7 Å². The number of halogens is 1. The summed E-state index contributed by atoms with van der Waals surface area (Å²) in [4.78, 5) is 0. The zero-order valence-electron chi connectivity index (χ0n) is 11.1. The maximum Gasteiger partial charge on any atom is 0.146 e.